The average Bonchev–Trinajstić information content (AvgIpc) is 2.27. The van der Waals surface area contributed by atoms with Crippen LogP contribution in [-0.2, 0) is 0 Å². The minimum absolute atomic E-state index is 0.0345. The summed E-state index contributed by atoms with van der Waals surface area (Å²) in [5.41, 5.74) is 0.706. The van der Waals surface area contributed by atoms with Gasteiger partial charge in [-0.2, -0.15) is 0 Å². The van der Waals surface area contributed by atoms with Gasteiger partial charge in [0, 0.05) is 10.7 Å². The van der Waals surface area contributed by atoms with Crippen LogP contribution in [0.15, 0.2) is 24.3 Å². The number of hydrogen-bond acceptors (Lipinski definition) is 2. The van der Waals surface area contributed by atoms with Crippen LogP contribution in [0, 0.1) is 5.41 Å². The lowest BCUT2D eigenvalue weighted by Gasteiger charge is -2.22. The predicted octanol–water partition coefficient (Wildman–Crippen LogP) is 3.69. The molecule has 3 heteroatoms. The van der Waals surface area contributed by atoms with Crippen molar-refractivity contribution >= 4 is 21.7 Å². The molecule has 0 atom stereocenters. The number of ketones is 1. The van der Waals surface area contributed by atoms with E-state index in [0.717, 1.165) is 5.33 Å². The number of para-hydroxylation sites is 1. The second-order valence-corrected chi connectivity index (χ2v) is 5.20. The molecule has 0 N–H and O–H groups in total. The number of Topliss-reactive ketones (excluding diaryl/α,β-unsaturated/α-hetero) is 1. The molecule has 0 heterocycles. The van der Waals surface area contributed by atoms with Crippen molar-refractivity contribution in [3.8, 4) is 5.75 Å². The summed E-state index contributed by atoms with van der Waals surface area (Å²) in [5.74, 6) is 0.705. The van der Waals surface area contributed by atoms with Gasteiger partial charge in [0.2, 0.25) is 0 Å². The SMILES string of the molecule is CC(=O)c1ccccc1OCC(C)(C)CBr. The van der Waals surface area contributed by atoms with Crippen LogP contribution in [-0.4, -0.2) is 17.7 Å². The molecule has 1 rings (SSSR count). The van der Waals surface area contributed by atoms with Gasteiger partial charge < -0.3 is 4.74 Å². The first-order chi connectivity index (χ1) is 7.46. The van der Waals surface area contributed by atoms with Crippen molar-refractivity contribution in [3.05, 3.63) is 29.8 Å². The third-order valence-corrected chi connectivity index (χ3v) is 3.76. The molecule has 0 saturated heterocycles. The molecule has 0 bridgehead atoms. The van der Waals surface area contributed by atoms with Gasteiger partial charge in [-0.05, 0) is 19.1 Å². The van der Waals surface area contributed by atoms with Crippen LogP contribution in [0.5, 0.6) is 5.75 Å². The Balaban J connectivity index is 2.78. The van der Waals surface area contributed by atoms with Crippen LogP contribution in [0.2, 0.25) is 0 Å². The molecule has 0 aliphatic heterocycles. The lowest BCUT2D eigenvalue weighted by atomic mass is 9.98. The Labute approximate surface area is 105 Å². The van der Waals surface area contributed by atoms with Crippen molar-refractivity contribution in [2.24, 2.45) is 5.41 Å². The highest BCUT2D eigenvalue weighted by Crippen LogP contribution is 2.23. The summed E-state index contributed by atoms with van der Waals surface area (Å²) < 4.78 is 5.70. The maximum atomic E-state index is 11.4. The number of carbonyl (C=O) groups is 1. The van der Waals surface area contributed by atoms with Crippen LogP contribution in [0.3, 0.4) is 0 Å². The Hall–Kier alpha value is -0.830. The summed E-state index contributed by atoms with van der Waals surface area (Å²) in [6.45, 7) is 6.36. The fraction of sp³-hybridized carbons (Fsp3) is 0.462. The first-order valence-corrected chi connectivity index (χ1v) is 6.37. The fourth-order valence-corrected chi connectivity index (χ4v) is 1.36. The van der Waals surface area contributed by atoms with Gasteiger partial charge in [0.25, 0.3) is 0 Å². The summed E-state index contributed by atoms with van der Waals surface area (Å²) in [6, 6.07) is 7.35. The molecule has 88 valence electrons. The average molecular weight is 285 g/mol. The Kier molecular flexibility index (Phi) is 4.54. The second kappa shape index (κ2) is 5.48. The largest absolute Gasteiger partial charge is 0.492 e. The monoisotopic (exact) mass is 284 g/mol. The van der Waals surface area contributed by atoms with E-state index in [2.05, 4.69) is 29.8 Å². The Morgan fingerprint density at radius 1 is 1.38 bits per heavy atom. The maximum absolute atomic E-state index is 11.4. The van der Waals surface area contributed by atoms with Crippen LogP contribution in [0.25, 0.3) is 0 Å². The lowest BCUT2D eigenvalue weighted by molar-refractivity contribution is 0.101. The Morgan fingerprint density at radius 2 is 2.00 bits per heavy atom. The number of benzene rings is 1. The number of rotatable bonds is 5. The first kappa shape index (κ1) is 13.2. The molecule has 1 aromatic carbocycles. The molecule has 2 nitrogen and oxygen atoms in total. The van der Waals surface area contributed by atoms with Crippen LogP contribution >= 0.6 is 15.9 Å². The fourth-order valence-electron chi connectivity index (χ4n) is 1.20. The van der Waals surface area contributed by atoms with Crippen LogP contribution in [0.1, 0.15) is 31.1 Å². The summed E-state index contributed by atoms with van der Waals surface area (Å²) in [7, 11) is 0. The van der Waals surface area contributed by atoms with Crippen molar-refractivity contribution in [2.45, 2.75) is 20.8 Å². The zero-order valence-electron chi connectivity index (χ0n) is 9.92. The van der Waals surface area contributed by atoms with Gasteiger partial charge in [0.15, 0.2) is 5.78 Å². The van der Waals surface area contributed by atoms with Gasteiger partial charge in [0.1, 0.15) is 5.75 Å². The van der Waals surface area contributed by atoms with E-state index in [1.54, 1.807) is 13.0 Å². The number of alkyl halides is 1. The van der Waals surface area contributed by atoms with Crippen molar-refractivity contribution in [1.29, 1.82) is 0 Å². The summed E-state index contributed by atoms with van der Waals surface area (Å²) in [5, 5.41) is 0.863. The molecule has 0 aliphatic carbocycles. The normalized spacial score (nSPS) is 11.2. The van der Waals surface area contributed by atoms with E-state index in [-0.39, 0.29) is 11.2 Å². The molecule has 0 aromatic heterocycles. The highest BCUT2D eigenvalue weighted by molar-refractivity contribution is 9.09. The first-order valence-electron chi connectivity index (χ1n) is 5.25. The Morgan fingerprint density at radius 3 is 2.56 bits per heavy atom. The third kappa shape index (κ3) is 3.63. The summed E-state index contributed by atoms with van der Waals surface area (Å²) in [4.78, 5) is 11.4. The molecule has 0 radical (unpaired) electrons. The standard InChI is InChI=1S/C13H17BrO2/c1-10(15)11-6-4-5-7-12(11)16-9-13(2,3)8-14/h4-7H,8-9H2,1-3H3. The van der Waals surface area contributed by atoms with Gasteiger partial charge >= 0.3 is 0 Å². The molecular weight excluding hydrogens is 268 g/mol. The number of halogens is 1. The van der Waals surface area contributed by atoms with Gasteiger partial charge in [-0.15, -0.1) is 0 Å². The molecular formula is C13H17BrO2. The minimum atomic E-state index is 0.0345. The molecule has 16 heavy (non-hydrogen) atoms. The molecule has 1 aromatic rings. The predicted molar refractivity (Wildman–Crippen MR) is 69.5 cm³/mol. The highest BCUT2D eigenvalue weighted by Gasteiger charge is 2.18. The van der Waals surface area contributed by atoms with E-state index < -0.39 is 0 Å². The van der Waals surface area contributed by atoms with Gasteiger partial charge in [-0.25, -0.2) is 0 Å². The number of carbonyl (C=O) groups excluding carboxylic acids is 1. The van der Waals surface area contributed by atoms with Crippen molar-refractivity contribution < 1.29 is 9.53 Å². The van der Waals surface area contributed by atoms with Crippen molar-refractivity contribution in [1.82, 2.24) is 0 Å². The van der Waals surface area contributed by atoms with Gasteiger partial charge in [-0.1, -0.05) is 41.9 Å². The molecule has 0 amide bonds. The topological polar surface area (TPSA) is 26.3 Å². The van der Waals surface area contributed by atoms with Crippen LogP contribution < -0.4 is 4.74 Å². The van der Waals surface area contributed by atoms with E-state index in [0.29, 0.717) is 17.9 Å². The van der Waals surface area contributed by atoms with E-state index >= 15 is 0 Å². The molecule has 0 fully saturated rings. The molecule has 0 aliphatic rings. The number of ether oxygens (including phenoxy) is 1. The van der Waals surface area contributed by atoms with E-state index in [1.165, 1.54) is 0 Å². The number of hydrogen-bond donors (Lipinski definition) is 0. The molecule has 0 saturated carbocycles. The van der Waals surface area contributed by atoms with E-state index in [9.17, 15) is 4.79 Å². The quantitative estimate of drug-likeness (QED) is 0.609. The summed E-state index contributed by atoms with van der Waals surface area (Å²) >= 11 is 3.44. The Bertz CT molecular complexity index is 372. The van der Waals surface area contributed by atoms with Crippen LogP contribution in [0.4, 0.5) is 0 Å². The molecule has 0 unspecified atom stereocenters. The minimum Gasteiger partial charge on any atom is -0.492 e. The zero-order valence-corrected chi connectivity index (χ0v) is 11.5. The summed E-state index contributed by atoms with van der Waals surface area (Å²) in [6.07, 6.45) is 0. The van der Waals surface area contributed by atoms with Gasteiger partial charge in [-0.3, -0.25) is 4.79 Å². The lowest BCUT2D eigenvalue weighted by Crippen LogP contribution is -2.23. The smallest absolute Gasteiger partial charge is 0.163 e. The zero-order chi connectivity index (χ0) is 12.2. The maximum Gasteiger partial charge on any atom is 0.163 e. The van der Waals surface area contributed by atoms with Crippen molar-refractivity contribution in [2.75, 3.05) is 11.9 Å². The third-order valence-electron chi connectivity index (χ3n) is 2.25. The second-order valence-electron chi connectivity index (χ2n) is 4.64. The van der Waals surface area contributed by atoms with Crippen molar-refractivity contribution in [3.63, 3.8) is 0 Å². The van der Waals surface area contributed by atoms with E-state index in [4.69, 9.17) is 4.74 Å². The molecule has 0 spiro atoms. The van der Waals surface area contributed by atoms with E-state index in [1.807, 2.05) is 18.2 Å². The van der Waals surface area contributed by atoms with Gasteiger partial charge in [0.05, 0.1) is 12.2 Å². The highest BCUT2D eigenvalue weighted by atomic mass is 79.9.